The molecular weight excluding hydrogens is 292 g/mol. The average molecular weight is 309 g/mol. The third-order valence-electron chi connectivity index (χ3n) is 2.90. The van der Waals surface area contributed by atoms with E-state index in [0.717, 1.165) is 12.0 Å². The third-order valence-corrected chi connectivity index (χ3v) is 3.14. The minimum Gasteiger partial charge on any atom is -0.346 e. The van der Waals surface area contributed by atoms with Gasteiger partial charge in [-0.1, -0.05) is 42.2 Å². The van der Waals surface area contributed by atoms with E-state index in [2.05, 4.69) is 15.5 Å². The number of carbonyl (C=O) groups is 1. The molecule has 1 aromatic heterocycles. The highest BCUT2D eigenvalue weighted by Gasteiger charge is 2.14. The van der Waals surface area contributed by atoms with Gasteiger partial charge in [0.05, 0.1) is 12.6 Å². The fourth-order valence-electron chi connectivity index (χ4n) is 1.81. The summed E-state index contributed by atoms with van der Waals surface area (Å²) in [5, 5.41) is 7.13. The fourth-order valence-corrected chi connectivity index (χ4v) is 2.00. The second-order valence-corrected chi connectivity index (χ2v) is 5.07. The molecular formula is C14H17ClN4O2. The lowest BCUT2D eigenvalue weighted by atomic mass is 10.2. The van der Waals surface area contributed by atoms with Gasteiger partial charge in [-0.05, 0) is 18.6 Å². The van der Waals surface area contributed by atoms with E-state index >= 15 is 0 Å². The average Bonchev–Trinajstić information content (AvgIpc) is 2.94. The zero-order chi connectivity index (χ0) is 15.2. The zero-order valence-corrected chi connectivity index (χ0v) is 12.4. The highest BCUT2D eigenvalue weighted by atomic mass is 35.5. The van der Waals surface area contributed by atoms with Crippen molar-refractivity contribution in [3.63, 3.8) is 0 Å². The molecule has 6 nitrogen and oxygen atoms in total. The number of aromatic nitrogens is 2. The summed E-state index contributed by atoms with van der Waals surface area (Å²) in [4.78, 5) is 15.9. The molecule has 0 radical (unpaired) electrons. The van der Waals surface area contributed by atoms with Crippen molar-refractivity contribution >= 4 is 17.5 Å². The predicted octanol–water partition coefficient (Wildman–Crippen LogP) is 2.13. The Morgan fingerprint density at radius 3 is 3.05 bits per heavy atom. The Kier molecular flexibility index (Phi) is 5.30. The van der Waals surface area contributed by atoms with E-state index in [0.29, 0.717) is 23.2 Å². The van der Waals surface area contributed by atoms with Crippen LogP contribution in [0, 0.1) is 0 Å². The Labute approximate surface area is 127 Å². The third kappa shape index (κ3) is 4.27. The van der Waals surface area contributed by atoms with Crippen LogP contribution < -0.4 is 11.1 Å². The predicted molar refractivity (Wildman–Crippen MR) is 79.5 cm³/mol. The monoisotopic (exact) mass is 308 g/mol. The zero-order valence-electron chi connectivity index (χ0n) is 11.7. The summed E-state index contributed by atoms with van der Waals surface area (Å²) >= 11 is 5.91. The highest BCUT2D eigenvalue weighted by Crippen LogP contribution is 2.19. The van der Waals surface area contributed by atoms with Crippen molar-refractivity contribution in [2.45, 2.75) is 32.4 Å². The summed E-state index contributed by atoms with van der Waals surface area (Å²) in [7, 11) is 0. The SMILES string of the molecule is CCCC(N)C(=O)NCc1nc(-c2cccc(Cl)c2)no1. The number of benzene rings is 1. The van der Waals surface area contributed by atoms with E-state index in [9.17, 15) is 4.79 Å². The van der Waals surface area contributed by atoms with Crippen LogP contribution in [0.4, 0.5) is 0 Å². The lowest BCUT2D eigenvalue weighted by Crippen LogP contribution is -2.40. The van der Waals surface area contributed by atoms with Crippen LogP contribution in [0.15, 0.2) is 28.8 Å². The maximum Gasteiger partial charge on any atom is 0.246 e. The van der Waals surface area contributed by atoms with Gasteiger partial charge in [-0.25, -0.2) is 0 Å². The van der Waals surface area contributed by atoms with Gasteiger partial charge in [0.1, 0.15) is 0 Å². The summed E-state index contributed by atoms with van der Waals surface area (Å²) in [5.41, 5.74) is 6.47. The Morgan fingerprint density at radius 1 is 1.52 bits per heavy atom. The first kappa shape index (κ1) is 15.5. The van der Waals surface area contributed by atoms with E-state index in [-0.39, 0.29) is 12.5 Å². The number of nitrogens with one attached hydrogen (secondary N) is 1. The number of nitrogens with two attached hydrogens (primary N) is 1. The van der Waals surface area contributed by atoms with Crippen LogP contribution in [-0.2, 0) is 11.3 Å². The molecule has 0 spiro atoms. The van der Waals surface area contributed by atoms with Gasteiger partial charge in [0.2, 0.25) is 17.6 Å². The maximum atomic E-state index is 11.7. The lowest BCUT2D eigenvalue weighted by molar-refractivity contribution is -0.122. The number of hydrogen-bond donors (Lipinski definition) is 2. The fraction of sp³-hybridized carbons (Fsp3) is 0.357. The maximum absolute atomic E-state index is 11.7. The molecule has 0 aliphatic carbocycles. The molecule has 1 amide bonds. The normalized spacial score (nSPS) is 12.1. The molecule has 1 heterocycles. The first-order valence-corrected chi connectivity index (χ1v) is 7.09. The molecule has 0 fully saturated rings. The van der Waals surface area contributed by atoms with E-state index in [1.807, 2.05) is 13.0 Å². The van der Waals surface area contributed by atoms with Crippen LogP contribution in [0.3, 0.4) is 0 Å². The summed E-state index contributed by atoms with van der Waals surface area (Å²) < 4.78 is 5.09. The number of halogens is 1. The van der Waals surface area contributed by atoms with Crippen LogP contribution in [-0.4, -0.2) is 22.1 Å². The van der Waals surface area contributed by atoms with Crippen molar-refractivity contribution in [3.05, 3.63) is 35.2 Å². The first-order valence-electron chi connectivity index (χ1n) is 6.72. The van der Waals surface area contributed by atoms with E-state index in [1.54, 1.807) is 18.2 Å². The van der Waals surface area contributed by atoms with Crippen LogP contribution in [0.2, 0.25) is 5.02 Å². The van der Waals surface area contributed by atoms with Crippen molar-refractivity contribution in [3.8, 4) is 11.4 Å². The van der Waals surface area contributed by atoms with E-state index in [1.165, 1.54) is 0 Å². The van der Waals surface area contributed by atoms with Gasteiger partial charge in [-0.2, -0.15) is 4.98 Å². The van der Waals surface area contributed by atoms with Crippen LogP contribution >= 0.6 is 11.6 Å². The largest absolute Gasteiger partial charge is 0.346 e. The van der Waals surface area contributed by atoms with Gasteiger partial charge in [-0.3, -0.25) is 4.79 Å². The second-order valence-electron chi connectivity index (χ2n) is 4.64. The molecule has 2 aromatic rings. The lowest BCUT2D eigenvalue weighted by Gasteiger charge is -2.09. The van der Waals surface area contributed by atoms with Crippen molar-refractivity contribution in [1.29, 1.82) is 0 Å². The van der Waals surface area contributed by atoms with Crippen LogP contribution in [0.25, 0.3) is 11.4 Å². The molecule has 7 heteroatoms. The van der Waals surface area contributed by atoms with Gasteiger partial charge >= 0.3 is 0 Å². The Balaban J connectivity index is 1.96. The van der Waals surface area contributed by atoms with Gasteiger partial charge < -0.3 is 15.6 Å². The highest BCUT2D eigenvalue weighted by molar-refractivity contribution is 6.30. The van der Waals surface area contributed by atoms with Crippen molar-refractivity contribution < 1.29 is 9.32 Å². The van der Waals surface area contributed by atoms with Gasteiger partial charge in [0, 0.05) is 10.6 Å². The quantitative estimate of drug-likeness (QED) is 0.852. The topological polar surface area (TPSA) is 94.0 Å². The Bertz CT molecular complexity index is 615. The minimum absolute atomic E-state index is 0.157. The van der Waals surface area contributed by atoms with Gasteiger partial charge in [-0.15, -0.1) is 0 Å². The number of rotatable bonds is 6. The summed E-state index contributed by atoms with van der Waals surface area (Å²) in [5.74, 6) is 0.529. The molecule has 0 saturated heterocycles. The molecule has 0 aliphatic rings. The molecule has 3 N–H and O–H groups in total. The molecule has 0 aliphatic heterocycles. The molecule has 1 aromatic carbocycles. The molecule has 0 saturated carbocycles. The first-order chi connectivity index (χ1) is 10.1. The van der Waals surface area contributed by atoms with Gasteiger partial charge in [0.15, 0.2) is 0 Å². The molecule has 21 heavy (non-hydrogen) atoms. The standard InChI is InChI=1S/C14H17ClN4O2/c1-2-4-11(16)14(20)17-8-12-18-13(19-21-12)9-5-3-6-10(15)7-9/h3,5-7,11H,2,4,8,16H2,1H3,(H,17,20). The molecule has 1 unspecified atom stereocenters. The van der Waals surface area contributed by atoms with Crippen molar-refractivity contribution in [1.82, 2.24) is 15.5 Å². The van der Waals surface area contributed by atoms with Crippen molar-refractivity contribution in [2.24, 2.45) is 5.73 Å². The Hall–Kier alpha value is -1.92. The van der Waals surface area contributed by atoms with E-state index in [4.69, 9.17) is 21.9 Å². The van der Waals surface area contributed by atoms with Crippen molar-refractivity contribution in [2.75, 3.05) is 0 Å². The van der Waals surface area contributed by atoms with E-state index < -0.39 is 6.04 Å². The van der Waals surface area contributed by atoms with Gasteiger partial charge in [0.25, 0.3) is 0 Å². The Morgan fingerprint density at radius 2 is 2.33 bits per heavy atom. The molecule has 0 bridgehead atoms. The minimum atomic E-state index is -0.509. The number of nitrogens with zero attached hydrogens (tertiary/aromatic N) is 2. The number of amides is 1. The second kappa shape index (κ2) is 7.19. The molecule has 2 rings (SSSR count). The van der Waals surface area contributed by atoms with Crippen LogP contribution in [0.5, 0.6) is 0 Å². The summed E-state index contributed by atoms with van der Waals surface area (Å²) in [6, 6.07) is 6.63. The van der Waals surface area contributed by atoms with Crippen LogP contribution in [0.1, 0.15) is 25.7 Å². The number of hydrogen-bond acceptors (Lipinski definition) is 5. The number of carbonyl (C=O) groups excluding carboxylic acids is 1. The smallest absolute Gasteiger partial charge is 0.246 e. The molecule has 1 atom stereocenters. The summed E-state index contributed by atoms with van der Waals surface area (Å²) in [6.45, 7) is 2.13. The summed E-state index contributed by atoms with van der Waals surface area (Å²) in [6.07, 6.45) is 1.50. The molecule has 112 valence electrons.